The second-order valence-electron chi connectivity index (χ2n) is 5.79. The lowest BCUT2D eigenvalue weighted by Crippen LogP contribution is -1.89. The average Bonchev–Trinajstić information content (AvgIpc) is 2.97. The molecule has 0 fully saturated rings. The van der Waals surface area contributed by atoms with E-state index in [9.17, 15) is 10.2 Å². The zero-order valence-corrected chi connectivity index (χ0v) is 13.1. The summed E-state index contributed by atoms with van der Waals surface area (Å²) in [5.74, 6) is 0.390. The minimum atomic E-state index is 0.170. The van der Waals surface area contributed by atoms with Crippen LogP contribution in [-0.2, 0) is 0 Å². The minimum Gasteiger partial charge on any atom is -0.508 e. The van der Waals surface area contributed by atoms with Gasteiger partial charge in [-0.15, -0.1) is 0 Å². The van der Waals surface area contributed by atoms with Gasteiger partial charge in [-0.1, -0.05) is 30.3 Å². The first-order valence-electron chi connectivity index (χ1n) is 7.70. The summed E-state index contributed by atoms with van der Waals surface area (Å²) >= 11 is 0. The predicted molar refractivity (Wildman–Crippen MR) is 95.0 cm³/mol. The van der Waals surface area contributed by atoms with Crippen LogP contribution in [0.2, 0.25) is 0 Å². The summed E-state index contributed by atoms with van der Waals surface area (Å²) in [7, 11) is 0. The van der Waals surface area contributed by atoms with Gasteiger partial charge in [0.25, 0.3) is 0 Å². The third-order valence-corrected chi connectivity index (χ3v) is 4.22. The van der Waals surface area contributed by atoms with E-state index >= 15 is 0 Å². The number of fused-ring (bicyclic) bond motifs is 1. The Hall–Kier alpha value is -3.27. The Morgan fingerprint density at radius 2 is 1.67 bits per heavy atom. The molecule has 2 heterocycles. The van der Waals surface area contributed by atoms with E-state index in [2.05, 4.69) is 9.97 Å². The number of para-hydroxylation sites is 1. The van der Waals surface area contributed by atoms with Crippen molar-refractivity contribution in [3.63, 3.8) is 0 Å². The molecule has 0 unspecified atom stereocenters. The Kier molecular flexibility index (Phi) is 3.24. The Morgan fingerprint density at radius 3 is 2.46 bits per heavy atom. The SMILES string of the molecule is Cc1ccnc(-c2[nH]c3ccccc3c2-c2ccc(O)cc2)c1O. The minimum absolute atomic E-state index is 0.170. The standard InChI is InChI=1S/C20H16N2O2/c1-12-10-11-21-19(20(12)24)18-17(13-6-8-14(23)9-7-13)15-4-2-3-5-16(15)22-18/h2-11,22-24H,1H3. The van der Waals surface area contributed by atoms with Crippen molar-refractivity contribution in [1.29, 1.82) is 0 Å². The van der Waals surface area contributed by atoms with E-state index in [1.165, 1.54) is 0 Å². The van der Waals surface area contributed by atoms with Crippen molar-refractivity contribution in [3.05, 3.63) is 66.4 Å². The summed E-state index contributed by atoms with van der Waals surface area (Å²) in [5, 5.41) is 21.1. The summed E-state index contributed by atoms with van der Waals surface area (Å²) in [4.78, 5) is 7.75. The fourth-order valence-electron chi connectivity index (χ4n) is 2.98. The molecule has 4 aromatic rings. The number of rotatable bonds is 2. The van der Waals surface area contributed by atoms with Crippen molar-refractivity contribution in [2.75, 3.05) is 0 Å². The summed E-state index contributed by atoms with van der Waals surface area (Å²) in [6, 6.07) is 16.8. The van der Waals surface area contributed by atoms with Crippen LogP contribution in [0.4, 0.5) is 0 Å². The zero-order valence-electron chi connectivity index (χ0n) is 13.1. The molecule has 0 spiro atoms. The van der Waals surface area contributed by atoms with Crippen molar-refractivity contribution in [3.8, 4) is 34.0 Å². The van der Waals surface area contributed by atoms with Gasteiger partial charge in [-0.05, 0) is 42.3 Å². The number of phenolic OH excluding ortho intramolecular Hbond substituents is 1. The van der Waals surface area contributed by atoms with Crippen LogP contribution in [0.3, 0.4) is 0 Å². The van der Waals surface area contributed by atoms with Crippen molar-refractivity contribution in [2.24, 2.45) is 0 Å². The van der Waals surface area contributed by atoms with Gasteiger partial charge in [-0.25, -0.2) is 0 Å². The molecule has 2 aromatic heterocycles. The first-order chi connectivity index (χ1) is 11.6. The van der Waals surface area contributed by atoms with Gasteiger partial charge in [-0.2, -0.15) is 0 Å². The van der Waals surface area contributed by atoms with Gasteiger partial charge in [0.2, 0.25) is 0 Å². The lowest BCUT2D eigenvalue weighted by Gasteiger charge is -2.08. The molecule has 2 aromatic carbocycles. The molecule has 118 valence electrons. The lowest BCUT2D eigenvalue weighted by atomic mass is 9.99. The number of aromatic nitrogens is 2. The molecule has 0 saturated carbocycles. The highest BCUT2D eigenvalue weighted by atomic mass is 16.3. The van der Waals surface area contributed by atoms with Crippen molar-refractivity contribution in [1.82, 2.24) is 9.97 Å². The summed E-state index contributed by atoms with van der Waals surface area (Å²) in [5.41, 5.74) is 4.94. The highest BCUT2D eigenvalue weighted by Gasteiger charge is 2.19. The Labute approximate surface area is 139 Å². The largest absolute Gasteiger partial charge is 0.508 e. The molecule has 0 aliphatic rings. The van der Waals surface area contributed by atoms with Crippen LogP contribution in [0.1, 0.15) is 5.56 Å². The maximum absolute atomic E-state index is 10.5. The molecular weight excluding hydrogens is 300 g/mol. The third-order valence-electron chi connectivity index (χ3n) is 4.22. The molecule has 24 heavy (non-hydrogen) atoms. The number of aromatic hydroxyl groups is 2. The summed E-state index contributed by atoms with van der Waals surface area (Å²) in [6.07, 6.45) is 1.69. The summed E-state index contributed by atoms with van der Waals surface area (Å²) < 4.78 is 0. The first-order valence-corrected chi connectivity index (χ1v) is 7.70. The Balaban J connectivity index is 2.07. The highest BCUT2D eigenvalue weighted by molar-refractivity contribution is 6.04. The van der Waals surface area contributed by atoms with Crippen LogP contribution >= 0.6 is 0 Å². The Morgan fingerprint density at radius 1 is 0.917 bits per heavy atom. The fraction of sp³-hybridized carbons (Fsp3) is 0.0500. The van der Waals surface area contributed by atoms with Gasteiger partial charge in [0.05, 0.1) is 5.69 Å². The van der Waals surface area contributed by atoms with Gasteiger partial charge in [-0.3, -0.25) is 4.98 Å². The zero-order chi connectivity index (χ0) is 16.7. The van der Waals surface area contributed by atoms with Gasteiger partial charge < -0.3 is 15.2 Å². The van der Waals surface area contributed by atoms with E-state index in [0.29, 0.717) is 5.69 Å². The molecule has 0 aliphatic heterocycles. The molecule has 3 N–H and O–H groups in total. The number of phenols is 1. The predicted octanol–water partition coefficient (Wildman–Crippen LogP) is 4.62. The smallest absolute Gasteiger partial charge is 0.146 e. The molecule has 4 nitrogen and oxygen atoms in total. The molecule has 0 amide bonds. The van der Waals surface area contributed by atoms with Crippen LogP contribution in [0.25, 0.3) is 33.4 Å². The van der Waals surface area contributed by atoms with Crippen molar-refractivity contribution < 1.29 is 10.2 Å². The van der Waals surface area contributed by atoms with Crippen molar-refractivity contribution >= 4 is 10.9 Å². The molecule has 0 bridgehead atoms. The maximum atomic E-state index is 10.5. The van der Waals surface area contributed by atoms with Crippen LogP contribution in [0.5, 0.6) is 11.5 Å². The monoisotopic (exact) mass is 316 g/mol. The normalized spacial score (nSPS) is 11.0. The molecule has 0 radical (unpaired) electrons. The van der Waals surface area contributed by atoms with E-state index in [0.717, 1.165) is 33.3 Å². The number of nitrogens with one attached hydrogen (secondary N) is 1. The second kappa shape index (κ2) is 5.42. The molecule has 0 saturated heterocycles. The van der Waals surface area contributed by atoms with Gasteiger partial charge in [0, 0.05) is 22.7 Å². The summed E-state index contributed by atoms with van der Waals surface area (Å²) in [6.45, 7) is 1.85. The van der Waals surface area contributed by atoms with Crippen LogP contribution in [-0.4, -0.2) is 20.2 Å². The number of H-pyrrole nitrogens is 1. The van der Waals surface area contributed by atoms with E-state index < -0.39 is 0 Å². The quantitative estimate of drug-likeness (QED) is 0.505. The van der Waals surface area contributed by atoms with Crippen LogP contribution in [0, 0.1) is 6.92 Å². The number of hydrogen-bond acceptors (Lipinski definition) is 3. The number of benzene rings is 2. The molecule has 4 rings (SSSR count). The molecule has 0 atom stereocenters. The van der Waals surface area contributed by atoms with E-state index in [1.807, 2.05) is 43.3 Å². The van der Waals surface area contributed by atoms with E-state index in [1.54, 1.807) is 24.4 Å². The topological polar surface area (TPSA) is 69.1 Å². The van der Waals surface area contributed by atoms with Gasteiger partial charge in [0.15, 0.2) is 0 Å². The van der Waals surface area contributed by atoms with E-state index in [-0.39, 0.29) is 11.5 Å². The average molecular weight is 316 g/mol. The third kappa shape index (κ3) is 2.20. The second-order valence-corrected chi connectivity index (χ2v) is 5.79. The van der Waals surface area contributed by atoms with Crippen LogP contribution in [0.15, 0.2) is 60.8 Å². The molecular formula is C20H16N2O2. The molecule has 0 aliphatic carbocycles. The Bertz CT molecular complexity index is 1030. The van der Waals surface area contributed by atoms with Crippen LogP contribution < -0.4 is 0 Å². The number of nitrogens with zero attached hydrogens (tertiary/aromatic N) is 1. The maximum Gasteiger partial charge on any atom is 0.146 e. The lowest BCUT2D eigenvalue weighted by molar-refractivity contribution is 0.470. The number of hydrogen-bond donors (Lipinski definition) is 3. The van der Waals surface area contributed by atoms with Gasteiger partial charge >= 0.3 is 0 Å². The van der Waals surface area contributed by atoms with Crippen molar-refractivity contribution in [2.45, 2.75) is 6.92 Å². The van der Waals surface area contributed by atoms with Gasteiger partial charge in [0.1, 0.15) is 17.2 Å². The number of pyridine rings is 1. The highest BCUT2D eigenvalue weighted by Crippen LogP contribution is 2.41. The molecule has 4 heteroatoms. The first kappa shape index (κ1) is 14.3. The van der Waals surface area contributed by atoms with E-state index in [4.69, 9.17) is 0 Å². The fourth-order valence-corrected chi connectivity index (χ4v) is 2.98. The number of aryl methyl sites for hydroxylation is 1. The number of aromatic amines is 1.